The van der Waals surface area contributed by atoms with Gasteiger partial charge in [0.1, 0.15) is 17.3 Å². The van der Waals surface area contributed by atoms with Gasteiger partial charge in [0, 0.05) is 17.2 Å². The molecule has 0 bridgehead atoms. The minimum Gasteiger partial charge on any atom is -0.456 e. The van der Waals surface area contributed by atoms with Crippen LogP contribution in [0.15, 0.2) is 59.2 Å². The first-order valence-electron chi connectivity index (χ1n) is 5.46. The van der Waals surface area contributed by atoms with Gasteiger partial charge in [0.05, 0.1) is 5.92 Å². The van der Waals surface area contributed by atoms with Gasteiger partial charge >= 0.3 is 0 Å². The number of rotatable bonds is 1. The van der Waals surface area contributed by atoms with Crippen LogP contribution in [0, 0.1) is 0 Å². The first-order valence-corrected chi connectivity index (χ1v) is 5.46. The van der Waals surface area contributed by atoms with Crippen LogP contribution in [0.25, 0.3) is 0 Å². The molecule has 82 valence electrons. The zero-order valence-corrected chi connectivity index (χ0v) is 9.36. The molecule has 1 aliphatic heterocycles. The number of para-hydroxylation sites is 1. The number of hydrogen-bond donors (Lipinski definition) is 0. The van der Waals surface area contributed by atoms with Crippen molar-refractivity contribution in [2.24, 2.45) is 0 Å². The van der Waals surface area contributed by atoms with Crippen molar-refractivity contribution in [2.75, 3.05) is 0 Å². The van der Waals surface area contributed by atoms with Gasteiger partial charge in [-0.25, -0.2) is 0 Å². The Bertz CT molecular complexity index is 637. The van der Waals surface area contributed by atoms with E-state index < -0.39 is 0 Å². The molecule has 0 amide bonds. The lowest BCUT2D eigenvalue weighted by Gasteiger charge is -2.26. The topological polar surface area (TPSA) is 26.3 Å². The summed E-state index contributed by atoms with van der Waals surface area (Å²) >= 11 is 0. The lowest BCUT2D eigenvalue weighted by molar-refractivity contribution is -0.117. The second-order valence-electron chi connectivity index (χ2n) is 4.08. The SMILES string of the molecule is CC(=O)C1C2=C(C=C=C=C2)Oc2ccccc21. The zero-order chi connectivity index (χ0) is 11.8. The summed E-state index contributed by atoms with van der Waals surface area (Å²) < 4.78 is 5.75. The number of hydrogen-bond acceptors (Lipinski definition) is 2. The van der Waals surface area contributed by atoms with Crippen LogP contribution in [0.1, 0.15) is 18.4 Å². The Morgan fingerprint density at radius 2 is 2.00 bits per heavy atom. The van der Waals surface area contributed by atoms with Crippen LogP contribution in [0.2, 0.25) is 0 Å². The first-order chi connectivity index (χ1) is 8.27. The molecule has 1 aromatic carbocycles. The summed E-state index contributed by atoms with van der Waals surface area (Å²) in [6.07, 6.45) is 3.50. The lowest BCUT2D eigenvalue weighted by Crippen LogP contribution is -2.19. The normalized spacial score (nSPS) is 19.7. The van der Waals surface area contributed by atoms with E-state index in [0.29, 0.717) is 5.76 Å². The number of Topliss-reactive ketones (excluding diaryl/α,β-unsaturated/α-hetero) is 1. The zero-order valence-electron chi connectivity index (χ0n) is 9.36. The van der Waals surface area contributed by atoms with Crippen molar-refractivity contribution in [1.82, 2.24) is 0 Å². The second kappa shape index (κ2) is 3.64. The van der Waals surface area contributed by atoms with Gasteiger partial charge in [-0.05, 0) is 19.1 Å². The van der Waals surface area contributed by atoms with E-state index in [4.69, 9.17) is 4.74 Å². The van der Waals surface area contributed by atoms with Crippen molar-refractivity contribution >= 4 is 5.78 Å². The number of ketones is 1. The predicted molar refractivity (Wildman–Crippen MR) is 63.7 cm³/mol. The molecule has 2 aliphatic rings. The monoisotopic (exact) mass is 222 g/mol. The quantitative estimate of drug-likeness (QED) is 0.683. The summed E-state index contributed by atoms with van der Waals surface area (Å²) in [6.45, 7) is 1.60. The molecular weight excluding hydrogens is 212 g/mol. The van der Waals surface area contributed by atoms with Crippen LogP contribution in [0.5, 0.6) is 5.75 Å². The van der Waals surface area contributed by atoms with E-state index in [0.717, 1.165) is 16.9 Å². The van der Waals surface area contributed by atoms with E-state index in [-0.39, 0.29) is 11.7 Å². The molecular formula is C15H10O2. The van der Waals surface area contributed by atoms with Crippen molar-refractivity contribution in [3.8, 4) is 5.75 Å². The lowest BCUT2D eigenvalue weighted by atomic mass is 9.84. The average molecular weight is 222 g/mol. The number of allylic oxidation sites excluding steroid dienone is 3. The fourth-order valence-electron chi connectivity index (χ4n) is 2.23. The third-order valence-corrected chi connectivity index (χ3v) is 2.97. The van der Waals surface area contributed by atoms with Crippen LogP contribution in [0.4, 0.5) is 0 Å². The highest BCUT2D eigenvalue weighted by Gasteiger charge is 2.30. The summed E-state index contributed by atoms with van der Waals surface area (Å²) in [5.41, 5.74) is 7.52. The molecule has 0 spiro atoms. The molecule has 0 saturated carbocycles. The number of carbonyl (C=O) groups excluding carboxylic acids is 1. The Hall–Kier alpha value is -2.27. The molecule has 0 fully saturated rings. The highest BCUT2D eigenvalue weighted by Crippen LogP contribution is 2.40. The number of carbonyl (C=O) groups is 1. The number of fused-ring (bicyclic) bond motifs is 1. The van der Waals surface area contributed by atoms with Crippen LogP contribution in [-0.2, 0) is 4.79 Å². The van der Waals surface area contributed by atoms with E-state index in [1.165, 1.54) is 0 Å². The predicted octanol–water partition coefficient (Wildman–Crippen LogP) is 2.89. The summed E-state index contributed by atoms with van der Waals surface area (Å²) in [5.74, 6) is 1.31. The Kier molecular flexibility index (Phi) is 2.12. The number of ether oxygens (including phenoxy) is 1. The fraction of sp³-hybridized carbons (Fsp3) is 0.133. The van der Waals surface area contributed by atoms with E-state index in [1.807, 2.05) is 24.3 Å². The molecule has 3 rings (SSSR count). The average Bonchev–Trinajstić information content (AvgIpc) is 2.35. The van der Waals surface area contributed by atoms with E-state index in [1.54, 1.807) is 19.1 Å². The van der Waals surface area contributed by atoms with E-state index in [2.05, 4.69) is 11.5 Å². The minimum atomic E-state index is -0.249. The molecule has 1 atom stereocenters. The van der Waals surface area contributed by atoms with Crippen molar-refractivity contribution < 1.29 is 9.53 Å². The summed E-state index contributed by atoms with van der Waals surface area (Å²) in [7, 11) is 0. The van der Waals surface area contributed by atoms with Gasteiger partial charge in [-0.15, -0.1) is 0 Å². The Balaban J connectivity index is 2.22. The van der Waals surface area contributed by atoms with Crippen molar-refractivity contribution in [3.05, 3.63) is 64.8 Å². The van der Waals surface area contributed by atoms with Crippen LogP contribution < -0.4 is 4.74 Å². The summed E-state index contributed by atoms with van der Waals surface area (Å²) in [5, 5.41) is 0. The Labute approximate surface area is 99.2 Å². The molecule has 2 heteroatoms. The molecule has 0 saturated heterocycles. The third-order valence-electron chi connectivity index (χ3n) is 2.97. The molecule has 1 aromatic rings. The number of benzene rings is 1. The smallest absolute Gasteiger partial charge is 0.141 e. The first kappa shape index (κ1) is 9.92. The highest BCUT2D eigenvalue weighted by atomic mass is 16.5. The maximum Gasteiger partial charge on any atom is 0.141 e. The van der Waals surface area contributed by atoms with Crippen molar-refractivity contribution in [1.29, 1.82) is 0 Å². The third kappa shape index (κ3) is 1.48. The van der Waals surface area contributed by atoms with Crippen LogP contribution >= 0.6 is 0 Å². The molecule has 0 aromatic heterocycles. The molecule has 2 nitrogen and oxygen atoms in total. The summed E-state index contributed by atoms with van der Waals surface area (Å²) in [4.78, 5) is 11.8. The van der Waals surface area contributed by atoms with E-state index in [9.17, 15) is 4.79 Å². The van der Waals surface area contributed by atoms with Gasteiger partial charge in [-0.1, -0.05) is 29.7 Å². The maximum atomic E-state index is 11.8. The molecule has 1 heterocycles. The molecule has 0 N–H and O–H groups in total. The van der Waals surface area contributed by atoms with Gasteiger partial charge in [-0.2, -0.15) is 0 Å². The largest absolute Gasteiger partial charge is 0.456 e. The van der Waals surface area contributed by atoms with Gasteiger partial charge in [0.2, 0.25) is 0 Å². The van der Waals surface area contributed by atoms with Gasteiger partial charge in [0.25, 0.3) is 0 Å². The molecule has 17 heavy (non-hydrogen) atoms. The molecule has 0 radical (unpaired) electrons. The van der Waals surface area contributed by atoms with Gasteiger partial charge < -0.3 is 4.74 Å². The molecule has 1 aliphatic carbocycles. The highest BCUT2D eigenvalue weighted by molar-refractivity contribution is 5.89. The second-order valence-corrected chi connectivity index (χ2v) is 4.08. The molecule has 1 unspecified atom stereocenters. The maximum absolute atomic E-state index is 11.8. The van der Waals surface area contributed by atoms with Gasteiger partial charge in [-0.3, -0.25) is 4.79 Å². The fourth-order valence-corrected chi connectivity index (χ4v) is 2.23. The Morgan fingerprint density at radius 1 is 1.24 bits per heavy atom. The van der Waals surface area contributed by atoms with Crippen LogP contribution in [0.3, 0.4) is 0 Å². The minimum absolute atomic E-state index is 0.113. The van der Waals surface area contributed by atoms with Gasteiger partial charge in [0.15, 0.2) is 0 Å². The summed E-state index contributed by atoms with van der Waals surface area (Å²) in [6, 6.07) is 7.63. The Morgan fingerprint density at radius 3 is 2.82 bits per heavy atom. The van der Waals surface area contributed by atoms with E-state index >= 15 is 0 Å². The van der Waals surface area contributed by atoms with Crippen molar-refractivity contribution in [2.45, 2.75) is 12.8 Å². The standard InChI is InChI=1S/C15H10O2/c1-10(16)15-11-6-2-4-8-13(11)17-14-9-5-3-7-12(14)15/h2,4,6-9,15H,1H3. The van der Waals surface area contributed by atoms with Crippen LogP contribution in [-0.4, -0.2) is 5.78 Å². The van der Waals surface area contributed by atoms with Crippen molar-refractivity contribution in [3.63, 3.8) is 0 Å².